The van der Waals surface area contributed by atoms with Crippen LogP contribution in [-0.2, 0) is 4.79 Å². The number of nitro groups is 1. The monoisotopic (exact) mass is 208 g/mol. The van der Waals surface area contributed by atoms with Gasteiger partial charge in [-0.15, -0.1) is 0 Å². The molecular weight excluding hydrogens is 200 g/mol. The molecule has 0 aromatic carbocycles. The molecule has 15 heavy (non-hydrogen) atoms. The first-order valence-corrected chi connectivity index (χ1v) is 4.12. The second-order valence-electron chi connectivity index (χ2n) is 2.71. The molecule has 0 atom stereocenters. The number of aromatic amines is 1. The highest BCUT2D eigenvalue weighted by Crippen LogP contribution is 2.07. The predicted octanol–water partition coefficient (Wildman–Crippen LogP) is 0.885. The Morgan fingerprint density at radius 1 is 1.53 bits per heavy atom. The highest BCUT2D eigenvalue weighted by molar-refractivity contribution is 5.58. The zero-order valence-corrected chi connectivity index (χ0v) is 7.67. The molecule has 6 nitrogen and oxygen atoms in total. The smallest absolute Gasteiger partial charge is 0.323 e. The molecule has 0 amide bonds. The molecule has 6 heteroatoms. The molecule has 0 spiro atoms. The van der Waals surface area contributed by atoms with Crippen LogP contribution in [0, 0.1) is 10.1 Å². The summed E-state index contributed by atoms with van der Waals surface area (Å²) in [6.07, 6.45) is 5.35. The van der Waals surface area contributed by atoms with Crippen molar-refractivity contribution in [1.82, 2.24) is 4.98 Å². The first kappa shape index (κ1) is 10.8. The number of allylic oxidation sites excluding steroid dienone is 1. The van der Waals surface area contributed by atoms with E-state index in [0.717, 1.165) is 6.07 Å². The molecule has 0 unspecified atom stereocenters. The van der Waals surface area contributed by atoms with Crippen LogP contribution >= 0.6 is 0 Å². The summed E-state index contributed by atoms with van der Waals surface area (Å²) in [5.74, 6) is 0. The van der Waals surface area contributed by atoms with Gasteiger partial charge in [0, 0.05) is 18.7 Å². The van der Waals surface area contributed by atoms with E-state index < -0.39 is 16.2 Å². The van der Waals surface area contributed by atoms with E-state index >= 15 is 0 Å². The van der Waals surface area contributed by atoms with Gasteiger partial charge in [0.05, 0.1) is 4.92 Å². The molecule has 0 aliphatic heterocycles. The van der Waals surface area contributed by atoms with Crippen molar-refractivity contribution >= 4 is 18.0 Å². The van der Waals surface area contributed by atoms with Gasteiger partial charge in [0.15, 0.2) is 0 Å². The van der Waals surface area contributed by atoms with Crippen molar-refractivity contribution in [1.29, 1.82) is 0 Å². The Labute approximate surface area is 84.4 Å². The zero-order valence-electron chi connectivity index (χ0n) is 7.67. The summed E-state index contributed by atoms with van der Waals surface area (Å²) in [5.41, 5.74) is -0.779. The third-order valence-electron chi connectivity index (χ3n) is 1.65. The molecule has 1 aromatic heterocycles. The fourth-order valence-corrected chi connectivity index (χ4v) is 0.979. The number of carbonyl (C=O) groups is 1. The van der Waals surface area contributed by atoms with E-state index in [0.29, 0.717) is 11.8 Å². The first-order chi connectivity index (χ1) is 7.15. The van der Waals surface area contributed by atoms with E-state index in [-0.39, 0.29) is 6.42 Å². The van der Waals surface area contributed by atoms with E-state index in [1.807, 2.05) is 0 Å². The molecule has 78 valence electrons. The fraction of sp³-hybridized carbons (Fsp3) is 0.111. The normalized spacial score (nSPS) is 10.4. The second-order valence-corrected chi connectivity index (χ2v) is 2.71. The van der Waals surface area contributed by atoms with Crippen molar-refractivity contribution in [3.05, 3.63) is 44.4 Å². The largest absolute Gasteiger partial charge is 0.334 e. The van der Waals surface area contributed by atoms with Crippen LogP contribution in [0.1, 0.15) is 12.0 Å². The van der Waals surface area contributed by atoms with E-state index in [9.17, 15) is 19.7 Å². The second kappa shape index (κ2) is 4.85. The van der Waals surface area contributed by atoms with E-state index in [1.54, 1.807) is 6.08 Å². The Morgan fingerprint density at radius 3 is 2.87 bits per heavy atom. The lowest BCUT2D eigenvalue weighted by Gasteiger charge is -1.93. The molecule has 1 N–H and O–H groups in total. The molecule has 0 saturated heterocycles. The van der Waals surface area contributed by atoms with Crippen molar-refractivity contribution in [2.24, 2.45) is 0 Å². The Morgan fingerprint density at radius 2 is 2.27 bits per heavy atom. The number of aromatic nitrogens is 1. The van der Waals surface area contributed by atoms with Crippen LogP contribution < -0.4 is 5.56 Å². The number of hydrogen-bond acceptors (Lipinski definition) is 4. The summed E-state index contributed by atoms with van der Waals surface area (Å²) in [6, 6.07) is 1.15. The van der Waals surface area contributed by atoms with Crippen molar-refractivity contribution < 1.29 is 9.72 Å². The number of rotatable bonds is 4. The van der Waals surface area contributed by atoms with Crippen molar-refractivity contribution in [2.45, 2.75) is 6.42 Å². The van der Waals surface area contributed by atoms with Crippen LogP contribution in [0.15, 0.2) is 23.1 Å². The maximum absolute atomic E-state index is 11.0. The number of nitrogens with zero attached hydrogens (tertiary/aromatic N) is 1. The average Bonchev–Trinajstić information content (AvgIpc) is 2.20. The van der Waals surface area contributed by atoms with Gasteiger partial charge in [-0.05, 0) is 5.56 Å². The van der Waals surface area contributed by atoms with Crippen LogP contribution in [0.5, 0.6) is 0 Å². The number of hydrogen-bond donors (Lipinski definition) is 1. The molecule has 1 heterocycles. The first-order valence-electron chi connectivity index (χ1n) is 4.12. The van der Waals surface area contributed by atoms with Crippen molar-refractivity contribution in [3.8, 4) is 0 Å². The maximum atomic E-state index is 11.0. The quantitative estimate of drug-likeness (QED) is 0.451. The maximum Gasteiger partial charge on any atom is 0.334 e. The minimum Gasteiger partial charge on any atom is -0.323 e. The number of carbonyl (C=O) groups excluding carboxylic acids is 1. The molecular formula is C9H8N2O4. The molecule has 1 rings (SSSR count). The average molecular weight is 208 g/mol. The summed E-state index contributed by atoms with van der Waals surface area (Å²) < 4.78 is 0. The van der Waals surface area contributed by atoms with Gasteiger partial charge in [-0.2, -0.15) is 0 Å². The lowest BCUT2D eigenvalue weighted by molar-refractivity contribution is -0.386. The highest BCUT2D eigenvalue weighted by atomic mass is 16.6. The third-order valence-corrected chi connectivity index (χ3v) is 1.65. The summed E-state index contributed by atoms with van der Waals surface area (Å²) in [7, 11) is 0. The fourth-order valence-electron chi connectivity index (χ4n) is 0.979. The molecule has 0 saturated carbocycles. The van der Waals surface area contributed by atoms with Crippen molar-refractivity contribution in [2.75, 3.05) is 0 Å². The lowest BCUT2D eigenvalue weighted by Crippen LogP contribution is -2.10. The molecule has 0 aliphatic carbocycles. The Kier molecular flexibility index (Phi) is 3.50. The summed E-state index contributed by atoms with van der Waals surface area (Å²) in [4.78, 5) is 32.9. The van der Waals surface area contributed by atoms with Crippen LogP contribution in [-0.4, -0.2) is 16.2 Å². The standard InChI is InChI=1S/C9H8N2O4/c12-4-2-1-3-7-5-8(11(14)15)9(13)10-6-7/h1,3-6H,2H2,(H,10,13). The number of aldehydes is 1. The summed E-state index contributed by atoms with van der Waals surface area (Å²) >= 11 is 0. The zero-order chi connectivity index (χ0) is 11.3. The van der Waals surface area contributed by atoms with Crippen LogP contribution in [0.2, 0.25) is 0 Å². The van der Waals surface area contributed by atoms with Gasteiger partial charge in [0.25, 0.3) is 0 Å². The van der Waals surface area contributed by atoms with Crippen LogP contribution in [0.3, 0.4) is 0 Å². The third kappa shape index (κ3) is 2.87. The Bertz CT molecular complexity index is 461. The van der Waals surface area contributed by atoms with Gasteiger partial charge >= 0.3 is 11.2 Å². The SMILES string of the molecule is O=CCC=Cc1c[nH]c(=O)c([N+](=O)[O-])c1. The van der Waals surface area contributed by atoms with Gasteiger partial charge in [-0.1, -0.05) is 12.2 Å². The molecule has 0 radical (unpaired) electrons. The highest BCUT2D eigenvalue weighted by Gasteiger charge is 2.11. The topological polar surface area (TPSA) is 93.1 Å². The van der Waals surface area contributed by atoms with Gasteiger partial charge in [0.2, 0.25) is 0 Å². The van der Waals surface area contributed by atoms with E-state index in [4.69, 9.17) is 0 Å². The lowest BCUT2D eigenvalue weighted by atomic mass is 10.2. The van der Waals surface area contributed by atoms with Gasteiger partial charge in [-0.25, -0.2) is 0 Å². The van der Waals surface area contributed by atoms with Gasteiger partial charge in [0.1, 0.15) is 6.29 Å². The van der Waals surface area contributed by atoms with E-state index in [2.05, 4.69) is 4.98 Å². The predicted molar refractivity (Wildman–Crippen MR) is 53.4 cm³/mol. The number of pyridine rings is 1. The minimum atomic E-state index is -0.754. The molecule has 0 bridgehead atoms. The van der Waals surface area contributed by atoms with Crippen LogP contribution in [0.25, 0.3) is 6.08 Å². The molecule has 1 aromatic rings. The Balaban J connectivity index is 3.02. The summed E-state index contributed by atoms with van der Waals surface area (Å²) in [6.45, 7) is 0. The minimum absolute atomic E-state index is 0.229. The van der Waals surface area contributed by atoms with E-state index in [1.165, 1.54) is 12.3 Å². The molecule has 0 aliphatic rings. The molecule has 0 fully saturated rings. The summed E-state index contributed by atoms with van der Waals surface area (Å²) in [5, 5.41) is 10.4. The van der Waals surface area contributed by atoms with Crippen LogP contribution in [0.4, 0.5) is 5.69 Å². The van der Waals surface area contributed by atoms with Gasteiger partial charge in [-0.3, -0.25) is 14.9 Å². The number of nitrogens with one attached hydrogen (secondary N) is 1. The van der Waals surface area contributed by atoms with Gasteiger partial charge < -0.3 is 9.78 Å². The Hall–Kier alpha value is -2.24. The number of H-pyrrole nitrogens is 1. The van der Waals surface area contributed by atoms with Crippen molar-refractivity contribution in [3.63, 3.8) is 0 Å².